The Kier molecular flexibility index (Phi) is 8.63. The molecule has 3 N–H and O–H groups in total. The first kappa shape index (κ1) is 27.9. The molecule has 7 nitrogen and oxygen atoms in total. The van der Waals surface area contributed by atoms with Crippen molar-refractivity contribution in [2.75, 3.05) is 18.9 Å². The van der Waals surface area contributed by atoms with Crippen molar-refractivity contribution in [3.05, 3.63) is 70.3 Å². The molecular formula is C26H32F2N2O5S. The monoisotopic (exact) mass is 522 g/mol. The van der Waals surface area contributed by atoms with Crippen molar-refractivity contribution in [1.29, 1.82) is 0 Å². The molecular weight excluding hydrogens is 490 g/mol. The molecule has 2 unspecified atom stereocenters. The standard InChI is InChI=1S/C26H32F2N2O5S/c1-4-16-5-6-18-13-36(34,35)14-23(21(18)9-16)29-12-24(32)22(30-25(33)26(2,3)15-31)10-17-7-19(27)11-20(28)8-17/h5-9,11,22,24,31-32H,4,10,12-15H2,1-3H3,(H,30,33). The first-order chi connectivity index (χ1) is 16.8. The van der Waals surface area contributed by atoms with Crippen LogP contribution in [0.15, 0.2) is 41.4 Å². The van der Waals surface area contributed by atoms with Gasteiger partial charge in [-0.1, -0.05) is 19.1 Å². The molecule has 196 valence electrons. The maximum Gasteiger partial charge on any atom is 0.228 e. The molecule has 3 rings (SSSR count). The van der Waals surface area contributed by atoms with E-state index in [1.807, 2.05) is 19.1 Å². The summed E-state index contributed by atoms with van der Waals surface area (Å²) >= 11 is 0. The van der Waals surface area contributed by atoms with Crippen LogP contribution in [0.4, 0.5) is 8.78 Å². The molecule has 36 heavy (non-hydrogen) atoms. The van der Waals surface area contributed by atoms with Crippen LogP contribution in [-0.4, -0.2) is 61.3 Å². The number of nitrogens with one attached hydrogen (secondary N) is 1. The Morgan fingerprint density at radius 2 is 1.78 bits per heavy atom. The second kappa shape index (κ2) is 11.1. The molecule has 0 radical (unpaired) electrons. The van der Waals surface area contributed by atoms with E-state index in [0.29, 0.717) is 16.8 Å². The fourth-order valence-corrected chi connectivity index (χ4v) is 5.47. The molecule has 1 aliphatic rings. The van der Waals surface area contributed by atoms with Crippen LogP contribution >= 0.6 is 0 Å². The van der Waals surface area contributed by atoms with Gasteiger partial charge in [0.2, 0.25) is 5.91 Å². The number of sulfone groups is 1. The first-order valence-electron chi connectivity index (χ1n) is 11.7. The Bertz CT molecular complexity index is 1240. The van der Waals surface area contributed by atoms with Gasteiger partial charge in [-0.15, -0.1) is 0 Å². The Hall–Kier alpha value is -2.69. The van der Waals surface area contributed by atoms with Crippen molar-refractivity contribution < 1.29 is 32.2 Å². The van der Waals surface area contributed by atoms with Crippen LogP contribution in [0.25, 0.3) is 0 Å². The molecule has 2 aromatic rings. The number of aliphatic hydroxyl groups is 2. The van der Waals surface area contributed by atoms with Gasteiger partial charge in [-0.3, -0.25) is 9.79 Å². The molecule has 2 atom stereocenters. The highest BCUT2D eigenvalue weighted by Crippen LogP contribution is 2.24. The molecule has 1 amide bonds. The Balaban J connectivity index is 1.91. The number of hydrogen-bond donors (Lipinski definition) is 3. The predicted octanol–water partition coefficient (Wildman–Crippen LogP) is 2.35. The normalized spacial score (nSPS) is 17.9. The maximum absolute atomic E-state index is 13.8. The van der Waals surface area contributed by atoms with Gasteiger partial charge in [-0.25, -0.2) is 17.2 Å². The maximum atomic E-state index is 13.8. The number of aliphatic imine (C=N–C) groups is 1. The van der Waals surface area contributed by atoms with Crippen LogP contribution in [0, 0.1) is 17.0 Å². The molecule has 1 heterocycles. The zero-order chi connectivity index (χ0) is 26.7. The van der Waals surface area contributed by atoms with Gasteiger partial charge in [-0.05, 0) is 61.6 Å². The minimum Gasteiger partial charge on any atom is -0.395 e. The summed E-state index contributed by atoms with van der Waals surface area (Å²) in [6.07, 6.45) is -0.651. The van der Waals surface area contributed by atoms with Gasteiger partial charge in [0.15, 0.2) is 9.84 Å². The zero-order valence-electron chi connectivity index (χ0n) is 20.6. The fraction of sp³-hybridized carbons (Fsp3) is 0.462. The van der Waals surface area contributed by atoms with Gasteiger partial charge >= 0.3 is 0 Å². The third-order valence-corrected chi connectivity index (χ3v) is 7.73. The van der Waals surface area contributed by atoms with E-state index in [4.69, 9.17) is 0 Å². The van der Waals surface area contributed by atoms with Gasteiger partial charge in [0.25, 0.3) is 0 Å². The van der Waals surface area contributed by atoms with Crippen molar-refractivity contribution >= 4 is 21.5 Å². The van der Waals surface area contributed by atoms with Crippen molar-refractivity contribution in [2.24, 2.45) is 10.4 Å². The zero-order valence-corrected chi connectivity index (χ0v) is 21.4. The van der Waals surface area contributed by atoms with E-state index >= 15 is 0 Å². The molecule has 0 saturated heterocycles. The van der Waals surface area contributed by atoms with E-state index in [2.05, 4.69) is 10.3 Å². The Morgan fingerprint density at radius 3 is 2.39 bits per heavy atom. The van der Waals surface area contributed by atoms with Crippen molar-refractivity contribution in [3.63, 3.8) is 0 Å². The third kappa shape index (κ3) is 6.96. The van der Waals surface area contributed by atoms with Gasteiger partial charge in [0, 0.05) is 11.6 Å². The van der Waals surface area contributed by atoms with Gasteiger partial charge < -0.3 is 15.5 Å². The lowest BCUT2D eigenvalue weighted by molar-refractivity contribution is -0.132. The molecule has 10 heteroatoms. The van der Waals surface area contributed by atoms with E-state index in [1.165, 1.54) is 13.8 Å². The highest BCUT2D eigenvalue weighted by molar-refractivity contribution is 7.91. The number of carbonyl (C=O) groups is 1. The third-order valence-electron chi connectivity index (χ3n) is 6.26. The molecule has 0 fully saturated rings. The molecule has 0 bridgehead atoms. The number of nitrogens with zero attached hydrogens (tertiary/aromatic N) is 1. The van der Waals surface area contributed by atoms with E-state index in [9.17, 15) is 32.2 Å². The topological polar surface area (TPSA) is 116 Å². The average Bonchev–Trinajstić information content (AvgIpc) is 2.80. The molecule has 2 aromatic carbocycles. The van der Waals surface area contributed by atoms with Crippen LogP contribution in [-0.2, 0) is 33.2 Å². The summed E-state index contributed by atoms with van der Waals surface area (Å²) in [7, 11) is -3.43. The SMILES string of the molecule is CCc1ccc2c(c1)C(=NCC(O)C(Cc1cc(F)cc(F)c1)NC(=O)C(C)(C)CO)CS(=O)(=O)C2. The summed E-state index contributed by atoms with van der Waals surface area (Å²) < 4.78 is 52.4. The Labute approximate surface area is 210 Å². The fourth-order valence-electron chi connectivity index (χ4n) is 3.98. The van der Waals surface area contributed by atoms with Gasteiger partial charge in [-0.2, -0.15) is 0 Å². The van der Waals surface area contributed by atoms with Crippen LogP contribution in [0.5, 0.6) is 0 Å². The second-order valence-corrected chi connectivity index (χ2v) is 11.9. The average molecular weight is 523 g/mol. The minimum atomic E-state index is -3.43. The van der Waals surface area contributed by atoms with E-state index in [0.717, 1.165) is 30.2 Å². The van der Waals surface area contributed by atoms with Gasteiger partial charge in [0.05, 0.1) is 47.9 Å². The number of fused-ring (bicyclic) bond motifs is 1. The molecule has 1 aliphatic heterocycles. The number of benzene rings is 2. The van der Waals surface area contributed by atoms with E-state index in [-0.39, 0.29) is 30.0 Å². The summed E-state index contributed by atoms with van der Waals surface area (Å²) in [5, 5.41) is 23.2. The van der Waals surface area contributed by atoms with E-state index < -0.39 is 51.5 Å². The minimum absolute atomic E-state index is 0.0893. The lowest BCUT2D eigenvalue weighted by atomic mass is 9.92. The number of halogens is 2. The molecule has 0 aliphatic carbocycles. The highest BCUT2D eigenvalue weighted by atomic mass is 32.2. The molecule has 0 saturated carbocycles. The summed E-state index contributed by atoms with van der Waals surface area (Å²) in [5.41, 5.74) is 1.74. The molecule has 0 spiro atoms. The lowest BCUT2D eigenvalue weighted by Crippen LogP contribution is -2.51. The predicted molar refractivity (Wildman–Crippen MR) is 134 cm³/mol. The number of aryl methyl sites for hydroxylation is 1. The van der Waals surface area contributed by atoms with Crippen LogP contribution in [0.3, 0.4) is 0 Å². The van der Waals surface area contributed by atoms with Crippen LogP contribution < -0.4 is 5.32 Å². The van der Waals surface area contributed by atoms with Crippen LogP contribution in [0.1, 0.15) is 43.0 Å². The van der Waals surface area contributed by atoms with Crippen LogP contribution in [0.2, 0.25) is 0 Å². The largest absolute Gasteiger partial charge is 0.395 e. The Morgan fingerprint density at radius 1 is 1.11 bits per heavy atom. The van der Waals surface area contributed by atoms with Gasteiger partial charge in [0.1, 0.15) is 11.6 Å². The summed E-state index contributed by atoms with van der Waals surface area (Å²) in [6, 6.07) is 7.47. The van der Waals surface area contributed by atoms with Crippen molar-refractivity contribution in [3.8, 4) is 0 Å². The lowest BCUT2D eigenvalue weighted by Gasteiger charge is -2.29. The summed E-state index contributed by atoms with van der Waals surface area (Å²) in [4.78, 5) is 17.1. The van der Waals surface area contributed by atoms with Crippen molar-refractivity contribution in [1.82, 2.24) is 5.32 Å². The second-order valence-electron chi connectivity index (χ2n) is 9.84. The number of carbonyl (C=O) groups excluding carboxylic acids is 1. The smallest absolute Gasteiger partial charge is 0.228 e. The number of rotatable bonds is 9. The number of aliphatic hydroxyl groups excluding tert-OH is 2. The highest BCUT2D eigenvalue weighted by Gasteiger charge is 2.32. The quantitative estimate of drug-likeness (QED) is 0.468. The summed E-state index contributed by atoms with van der Waals surface area (Å²) in [6.45, 7) is 4.32. The first-order valence-corrected chi connectivity index (χ1v) is 13.6. The number of hydrogen-bond acceptors (Lipinski definition) is 6. The molecule has 0 aromatic heterocycles. The number of amides is 1. The summed E-state index contributed by atoms with van der Waals surface area (Å²) in [5.74, 6) is -2.51. The van der Waals surface area contributed by atoms with E-state index in [1.54, 1.807) is 6.07 Å². The van der Waals surface area contributed by atoms with Crippen molar-refractivity contribution in [2.45, 2.75) is 51.5 Å².